The number of rotatable bonds is 3. The zero-order valence-electron chi connectivity index (χ0n) is 9.70. The number of hydrogen-bond acceptors (Lipinski definition) is 2. The van der Waals surface area contributed by atoms with E-state index in [9.17, 15) is 9.18 Å². The fourth-order valence-electron chi connectivity index (χ4n) is 1.21. The Bertz CT molecular complexity index is 469. The zero-order valence-corrected chi connectivity index (χ0v) is 9.70. The number of nitriles is 1. The van der Waals surface area contributed by atoms with Crippen molar-refractivity contribution < 1.29 is 9.18 Å². The molecule has 0 saturated heterocycles. The van der Waals surface area contributed by atoms with Crippen LogP contribution in [0.15, 0.2) is 29.8 Å². The number of carbonyl (C=O) groups excluding carboxylic acids is 1. The Morgan fingerprint density at radius 1 is 1.41 bits per heavy atom. The van der Waals surface area contributed by atoms with Crippen LogP contribution in [0.1, 0.15) is 19.4 Å². The normalized spacial score (nSPS) is 11.1. The number of benzene rings is 1. The standard InChI is InChI=1S/C13H13FN2O/c1-9(2)16-13(17)11(8-15)7-10-3-5-12(14)6-4-10/h3-7,9H,1-2H3,(H,16,17)/b11-7-. The van der Waals surface area contributed by atoms with Crippen LogP contribution in [0.25, 0.3) is 6.08 Å². The van der Waals surface area contributed by atoms with Crippen LogP contribution in [0.4, 0.5) is 4.39 Å². The van der Waals surface area contributed by atoms with Crippen molar-refractivity contribution in [2.24, 2.45) is 0 Å². The first-order chi connectivity index (χ1) is 8.02. The molecule has 1 rings (SSSR count). The van der Waals surface area contributed by atoms with Crippen LogP contribution in [0.3, 0.4) is 0 Å². The minimum Gasteiger partial charge on any atom is -0.349 e. The predicted molar refractivity (Wildman–Crippen MR) is 63.3 cm³/mol. The molecule has 0 heterocycles. The van der Waals surface area contributed by atoms with E-state index < -0.39 is 5.91 Å². The fourth-order valence-corrected chi connectivity index (χ4v) is 1.21. The summed E-state index contributed by atoms with van der Waals surface area (Å²) in [5.41, 5.74) is 0.618. The van der Waals surface area contributed by atoms with Crippen molar-refractivity contribution in [1.29, 1.82) is 5.26 Å². The molecule has 1 aromatic rings. The highest BCUT2D eigenvalue weighted by Gasteiger charge is 2.09. The maximum Gasteiger partial charge on any atom is 0.262 e. The maximum absolute atomic E-state index is 12.7. The third-order valence-corrected chi connectivity index (χ3v) is 1.97. The molecule has 0 atom stereocenters. The van der Waals surface area contributed by atoms with Gasteiger partial charge in [0, 0.05) is 6.04 Å². The maximum atomic E-state index is 12.7. The van der Waals surface area contributed by atoms with Gasteiger partial charge in [-0.05, 0) is 37.6 Å². The van der Waals surface area contributed by atoms with E-state index in [2.05, 4.69) is 5.32 Å². The lowest BCUT2D eigenvalue weighted by molar-refractivity contribution is -0.117. The topological polar surface area (TPSA) is 52.9 Å². The minimum atomic E-state index is -0.424. The number of carbonyl (C=O) groups is 1. The van der Waals surface area contributed by atoms with E-state index in [0.717, 1.165) is 0 Å². The monoisotopic (exact) mass is 232 g/mol. The van der Waals surface area contributed by atoms with E-state index in [4.69, 9.17) is 5.26 Å². The quantitative estimate of drug-likeness (QED) is 0.642. The van der Waals surface area contributed by atoms with Crippen molar-refractivity contribution in [3.8, 4) is 6.07 Å². The van der Waals surface area contributed by atoms with E-state index in [1.54, 1.807) is 0 Å². The molecule has 0 spiro atoms. The summed E-state index contributed by atoms with van der Waals surface area (Å²) < 4.78 is 12.7. The molecule has 0 aliphatic carbocycles. The smallest absolute Gasteiger partial charge is 0.262 e. The van der Waals surface area contributed by atoms with Gasteiger partial charge < -0.3 is 5.32 Å². The van der Waals surface area contributed by atoms with Gasteiger partial charge in [-0.25, -0.2) is 4.39 Å². The molecule has 0 radical (unpaired) electrons. The van der Waals surface area contributed by atoms with Gasteiger partial charge in [-0.3, -0.25) is 4.79 Å². The molecule has 1 N–H and O–H groups in total. The van der Waals surface area contributed by atoms with Gasteiger partial charge in [0.1, 0.15) is 17.5 Å². The largest absolute Gasteiger partial charge is 0.349 e. The Morgan fingerprint density at radius 3 is 2.47 bits per heavy atom. The summed E-state index contributed by atoms with van der Waals surface area (Å²) in [5, 5.41) is 11.5. The van der Waals surface area contributed by atoms with Crippen LogP contribution < -0.4 is 5.32 Å². The lowest BCUT2D eigenvalue weighted by atomic mass is 10.1. The van der Waals surface area contributed by atoms with Crippen molar-refractivity contribution >= 4 is 12.0 Å². The van der Waals surface area contributed by atoms with Crippen molar-refractivity contribution in [3.05, 3.63) is 41.2 Å². The Labute approximate surface area is 99.6 Å². The molecular weight excluding hydrogens is 219 g/mol. The minimum absolute atomic E-state index is 0.00491. The van der Waals surface area contributed by atoms with Crippen LogP contribution in [-0.4, -0.2) is 11.9 Å². The molecule has 4 heteroatoms. The molecule has 17 heavy (non-hydrogen) atoms. The van der Waals surface area contributed by atoms with Gasteiger partial charge in [0.05, 0.1) is 0 Å². The Balaban J connectivity index is 2.91. The Hall–Kier alpha value is -2.15. The molecule has 0 aliphatic rings. The summed E-state index contributed by atoms with van der Waals surface area (Å²) in [6.07, 6.45) is 1.43. The molecule has 0 aliphatic heterocycles. The number of nitrogens with one attached hydrogen (secondary N) is 1. The number of halogens is 1. The lowest BCUT2D eigenvalue weighted by Crippen LogP contribution is -2.30. The second-order valence-electron chi connectivity index (χ2n) is 3.85. The van der Waals surface area contributed by atoms with Gasteiger partial charge in [0.15, 0.2) is 0 Å². The molecule has 88 valence electrons. The molecule has 3 nitrogen and oxygen atoms in total. The van der Waals surface area contributed by atoms with Gasteiger partial charge in [-0.15, -0.1) is 0 Å². The summed E-state index contributed by atoms with van der Waals surface area (Å²) in [6.45, 7) is 3.62. The molecular formula is C13H13FN2O. The number of hydrogen-bond donors (Lipinski definition) is 1. The second kappa shape index (κ2) is 5.80. The van der Waals surface area contributed by atoms with Gasteiger partial charge in [0.25, 0.3) is 5.91 Å². The van der Waals surface area contributed by atoms with E-state index in [1.807, 2.05) is 19.9 Å². The molecule has 0 bridgehead atoms. The van der Waals surface area contributed by atoms with Crippen LogP contribution in [0.5, 0.6) is 0 Å². The van der Waals surface area contributed by atoms with Crippen molar-refractivity contribution in [1.82, 2.24) is 5.32 Å². The van der Waals surface area contributed by atoms with Crippen LogP contribution in [0, 0.1) is 17.1 Å². The van der Waals surface area contributed by atoms with Crippen LogP contribution in [0.2, 0.25) is 0 Å². The summed E-state index contributed by atoms with van der Waals surface area (Å²) in [6, 6.07) is 7.37. The average molecular weight is 232 g/mol. The van der Waals surface area contributed by atoms with E-state index in [1.165, 1.54) is 30.3 Å². The van der Waals surface area contributed by atoms with E-state index >= 15 is 0 Å². The van der Waals surface area contributed by atoms with Crippen molar-refractivity contribution in [3.63, 3.8) is 0 Å². The number of nitrogens with zero attached hydrogens (tertiary/aromatic N) is 1. The highest BCUT2D eigenvalue weighted by molar-refractivity contribution is 6.01. The molecule has 1 amide bonds. The first-order valence-corrected chi connectivity index (χ1v) is 5.21. The zero-order chi connectivity index (χ0) is 12.8. The Morgan fingerprint density at radius 2 is 2.00 bits per heavy atom. The molecule has 0 saturated carbocycles. The van der Waals surface area contributed by atoms with Gasteiger partial charge in [-0.1, -0.05) is 12.1 Å². The second-order valence-corrected chi connectivity index (χ2v) is 3.85. The highest BCUT2D eigenvalue weighted by Crippen LogP contribution is 2.08. The van der Waals surface area contributed by atoms with Crippen molar-refractivity contribution in [2.75, 3.05) is 0 Å². The van der Waals surface area contributed by atoms with Gasteiger partial charge in [0.2, 0.25) is 0 Å². The first kappa shape index (κ1) is 12.9. The van der Waals surface area contributed by atoms with Crippen molar-refractivity contribution in [2.45, 2.75) is 19.9 Å². The van der Waals surface area contributed by atoms with Crippen LogP contribution in [-0.2, 0) is 4.79 Å². The number of amides is 1. The molecule has 0 aromatic heterocycles. The highest BCUT2D eigenvalue weighted by atomic mass is 19.1. The molecule has 0 fully saturated rings. The van der Waals surface area contributed by atoms with Crippen LogP contribution >= 0.6 is 0 Å². The lowest BCUT2D eigenvalue weighted by Gasteiger charge is -2.06. The summed E-state index contributed by atoms with van der Waals surface area (Å²) in [5.74, 6) is -0.779. The SMILES string of the molecule is CC(C)NC(=O)/C(C#N)=C\c1ccc(F)cc1. The summed E-state index contributed by atoms with van der Waals surface area (Å²) in [4.78, 5) is 11.6. The third kappa shape index (κ3) is 4.07. The summed E-state index contributed by atoms with van der Waals surface area (Å²) >= 11 is 0. The first-order valence-electron chi connectivity index (χ1n) is 5.21. The van der Waals surface area contributed by atoms with E-state index in [0.29, 0.717) is 5.56 Å². The Kier molecular flexibility index (Phi) is 4.41. The fraction of sp³-hybridized carbons (Fsp3) is 0.231. The third-order valence-electron chi connectivity index (χ3n) is 1.97. The molecule has 0 unspecified atom stereocenters. The summed E-state index contributed by atoms with van der Waals surface area (Å²) in [7, 11) is 0. The van der Waals surface area contributed by atoms with Gasteiger partial charge >= 0.3 is 0 Å². The molecule has 1 aromatic carbocycles. The van der Waals surface area contributed by atoms with E-state index in [-0.39, 0.29) is 17.4 Å². The van der Waals surface area contributed by atoms with Gasteiger partial charge in [-0.2, -0.15) is 5.26 Å². The predicted octanol–water partition coefficient (Wildman–Crippen LogP) is 2.26. The average Bonchev–Trinajstić information content (AvgIpc) is 2.27.